The summed E-state index contributed by atoms with van der Waals surface area (Å²) in [5.41, 5.74) is 5.32. The van der Waals surface area contributed by atoms with Crippen LogP contribution in [0.3, 0.4) is 0 Å². The van der Waals surface area contributed by atoms with E-state index < -0.39 is 57.4 Å². The third-order valence-corrected chi connectivity index (χ3v) is 12.5. The van der Waals surface area contributed by atoms with Crippen molar-refractivity contribution in [1.29, 1.82) is 0 Å². The Morgan fingerprint density at radius 2 is 1.87 bits per heavy atom. The van der Waals surface area contributed by atoms with Crippen LogP contribution in [0.5, 0.6) is 5.88 Å². The number of ether oxygens (including phenoxy) is 7. The van der Waals surface area contributed by atoms with Gasteiger partial charge in [-0.25, -0.2) is 14.5 Å². The number of aldehydes is 1. The van der Waals surface area contributed by atoms with Gasteiger partial charge in [0.05, 0.1) is 39.0 Å². The van der Waals surface area contributed by atoms with Crippen molar-refractivity contribution in [3.8, 4) is 5.88 Å². The zero-order valence-corrected chi connectivity index (χ0v) is 33.0. The first-order valence-electron chi connectivity index (χ1n) is 17.1. The molecule has 0 aromatic carbocycles. The summed E-state index contributed by atoms with van der Waals surface area (Å²) in [6.07, 6.45) is -2.97. The summed E-state index contributed by atoms with van der Waals surface area (Å²) in [7, 11) is -4.02. The monoisotopic (exact) mass is 785 g/mol. The topological polar surface area (TPSA) is 247 Å². The van der Waals surface area contributed by atoms with Gasteiger partial charge in [-0.3, -0.25) is 9.36 Å². The van der Waals surface area contributed by atoms with Gasteiger partial charge in [-0.2, -0.15) is 10.1 Å². The molecule has 2 saturated heterocycles. The molecule has 0 unspecified atom stereocenters. The first kappa shape index (κ1) is 40.9. The van der Waals surface area contributed by atoms with Crippen molar-refractivity contribution in [3.63, 3.8) is 0 Å². The van der Waals surface area contributed by atoms with Gasteiger partial charge < -0.3 is 47.9 Å². The molecule has 3 aromatic heterocycles. The molecule has 2 N–H and O–H groups in total. The lowest BCUT2D eigenvalue weighted by Crippen LogP contribution is -2.45. The summed E-state index contributed by atoms with van der Waals surface area (Å²) < 4.78 is 69.7. The SMILES string of the molecule is CCOP(=O)(OCC)[C@@](COC)(Cc1nnn(COCC[Si](C)(C)C)n1)OC[C@H]1O[C@@H](n2ncc3c(OC(N)=O)nc(C=O)nc32)[C@@H]2OC(C)(C)O[C@@H]21. The van der Waals surface area contributed by atoms with E-state index in [-0.39, 0.29) is 68.1 Å². The molecule has 0 aliphatic carbocycles. The van der Waals surface area contributed by atoms with E-state index in [1.54, 1.807) is 27.7 Å². The fourth-order valence-corrected chi connectivity index (χ4v) is 8.80. The lowest BCUT2D eigenvalue weighted by Gasteiger charge is -2.38. The smallest absolute Gasteiger partial charge is 0.390 e. The highest BCUT2D eigenvalue weighted by molar-refractivity contribution is 7.55. The predicted molar refractivity (Wildman–Crippen MR) is 186 cm³/mol. The normalized spacial score (nSPS) is 22.6. The molecule has 5 heterocycles. The highest BCUT2D eigenvalue weighted by Crippen LogP contribution is 2.62. The molecule has 23 heteroatoms. The number of fused-ring (bicyclic) bond motifs is 2. The Kier molecular flexibility index (Phi) is 12.8. The van der Waals surface area contributed by atoms with Crippen LogP contribution in [0.2, 0.25) is 25.7 Å². The third-order valence-electron chi connectivity index (χ3n) is 8.22. The standard InChI is InChI=1S/C30H48N9O12PSi/c1-9-46-52(42,47-10-2)30(17-43-5,13-21-35-37-38(36-21)18-44-11-12-53(6,7)8)45-16-20-23-24(51-29(3,4)50-23)27(48-20)39-25-19(14-32-39)26(49-28(31)41)34-22(15-40)33-25/h14-15,20,23-24,27H,9-13,16-18H2,1-8H3,(H2,31,41)/t20-,23-,24-,27-,30-/m1/s1. The number of methoxy groups -OCH3 is 1. The number of hydrogen-bond donors (Lipinski definition) is 1. The van der Waals surface area contributed by atoms with E-state index in [1.165, 1.54) is 22.8 Å². The molecule has 5 rings (SSSR count). The van der Waals surface area contributed by atoms with Gasteiger partial charge in [0.1, 0.15) is 23.7 Å². The van der Waals surface area contributed by atoms with Crippen LogP contribution in [0.4, 0.5) is 4.79 Å². The number of carbonyl (C=O) groups is 2. The van der Waals surface area contributed by atoms with Crippen molar-refractivity contribution in [2.24, 2.45) is 5.73 Å². The summed E-state index contributed by atoms with van der Waals surface area (Å²) >= 11 is 0. The third kappa shape index (κ3) is 9.32. The molecule has 0 spiro atoms. The second-order valence-electron chi connectivity index (χ2n) is 14.0. The summed E-state index contributed by atoms with van der Waals surface area (Å²) in [6, 6.07) is 0.970. The van der Waals surface area contributed by atoms with E-state index in [4.69, 9.17) is 47.9 Å². The molecule has 1 amide bonds. The van der Waals surface area contributed by atoms with Gasteiger partial charge in [-0.1, -0.05) is 19.6 Å². The number of aromatic nitrogens is 8. The van der Waals surface area contributed by atoms with Crippen molar-refractivity contribution in [2.45, 2.75) is 102 Å². The second-order valence-corrected chi connectivity index (χ2v) is 22.0. The second kappa shape index (κ2) is 16.6. The highest BCUT2D eigenvalue weighted by Gasteiger charge is 2.59. The van der Waals surface area contributed by atoms with Crippen molar-refractivity contribution in [3.05, 3.63) is 17.8 Å². The Bertz CT molecular complexity index is 1780. The number of nitrogens with zero attached hydrogens (tertiary/aromatic N) is 8. The van der Waals surface area contributed by atoms with E-state index in [0.29, 0.717) is 12.9 Å². The number of amides is 1. The first-order chi connectivity index (χ1) is 25.1. The van der Waals surface area contributed by atoms with Crippen molar-refractivity contribution in [2.75, 3.05) is 40.1 Å². The van der Waals surface area contributed by atoms with Crippen LogP contribution < -0.4 is 10.5 Å². The fraction of sp³-hybridized carbons (Fsp3) is 0.733. The number of hydrogen-bond acceptors (Lipinski definition) is 18. The van der Waals surface area contributed by atoms with Crippen molar-refractivity contribution >= 4 is 39.1 Å². The van der Waals surface area contributed by atoms with Gasteiger partial charge >= 0.3 is 13.7 Å². The Morgan fingerprint density at radius 3 is 2.51 bits per heavy atom. The van der Waals surface area contributed by atoms with Gasteiger partial charge in [0, 0.05) is 21.8 Å². The van der Waals surface area contributed by atoms with E-state index >= 15 is 0 Å². The summed E-state index contributed by atoms with van der Waals surface area (Å²) in [4.78, 5) is 32.8. The Hall–Kier alpha value is -3.31. The number of rotatable bonds is 20. The van der Waals surface area contributed by atoms with Crippen molar-refractivity contribution in [1.82, 2.24) is 40.0 Å². The molecule has 21 nitrogen and oxygen atoms in total. The maximum Gasteiger partial charge on any atom is 0.411 e. The molecule has 53 heavy (non-hydrogen) atoms. The summed E-state index contributed by atoms with van der Waals surface area (Å²) in [5, 5.41) is 15.6. The quantitative estimate of drug-likeness (QED) is 0.0748. The van der Waals surface area contributed by atoms with Crippen LogP contribution in [-0.4, -0.2) is 130 Å². The average molecular weight is 786 g/mol. The van der Waals surface area contributed by atoms with Crippen LogP contribution in [0.1, 0.15) is 50.4 Å². The maximum atomic E-state index is 14.7. The fourth-order valence-electron chi connectivity index (χ4n) is 5.97. The van der Waals surface area contributed by atoms with Gasteiger partial charge in [0.25, 0.3) is 0 Å². The number of carbonyl (C=O) groups excluding carboxylic acids is 2. The lowest BCUT2D eigenvalue weighted by molar-refractivity contribution is -0.207. The Labute approximate surface area is 306 Å². The Balaban J connectivity index is 1.45. The van der Waals surface area contributed by atoms with Crippen LogP contribution >= 0.6 is 7.60 Å². The maximum absolute atomic E-state index is 14.7. The molecule has 2 fully saturated rings. The average Bonchev–Trinajstić information content (AvgIpc) is 3.84. The van der Waals surface area contributed by atoms with Crippen LogP contribution in [0.15, 0.2) is 6.20 Å². The van der Waals surface area contributed by atoms with E-state index in [9.17, 15) is 14.2 Å². The molecule has 3 aromatic rings. The van der Waals surface area contributed by atoms with Crippen LogP contribution in [-0.2, 0) is 55.2 Å². The molecular formula is C30H48N9O12PSi. The number of nitrogens with two attached hydrogens (primary N) is 1. The highest BCUT2D eigenvalue weighted by atomic mass is 31.2. The predicted octanol–water partition coefficient (Wildman–Crippen LogP) is 2.68. The minimum absolute atomic E-state index is 0.0352. The largest absolute Gasteiger partial charge is 0.411 e. The van der Waals surface area contributed by atoms with E-state index in [1.807, 2.05) is 0 Å². The number of tetrazole rings is 1. The van der Waals surface area contributed by atoms with E-state index in [2.05, 4.69) is 50.1 Å². The van der Waals surface area contributed by atoms with E-state index in [0.717, 1.165) is 6.04 Å². The van der Waals surface area contributed by atoms with Crippen molar-refractivity contribution < 1.29 is 56.4 Å². The number of primary amides is 1. The Morgan fingerprint density at radius 1 is 1.15 bits per heavy atom. The molecule has 0 saturated carbocycles. The van der Waals surface area contributed by atoms with Gasteiger partial charge in [-0.05, 0) is 39.0 Å². The summed E-state index contributed by atoms with van der Waals surface area (Å²) in [5.74, 6) is -1.42. The molecular weight excluding hydrogens is 737 g/mol. The van der Waals surface area contributed by atoms with Crippen LogP contribution in [0.25, 0.3) is 11.0 Å². The van der Waals surface area contributed by atoms with Crippen LogP contribution in [0, 0.1) is 0 Å². The zero-order valence-electron chi connectivity index (χ0n) is 31.1. The lowest BCUT2D eigenvalue weighted by atomic mass is 10.1. The zero-order chi connectivity index (χ0) is 38.6. The molecule has 0 radical (unpaired) electrons. The first-order valence-corrected chi connectivity index (χ1v) is 22.4. The van der Waals surface area contributed by atoms with Gasteiger partial charge in [0.15, 0.2) is 47.7 Å². The molecule has 5 atom stereocenters. The van der Waals surface area contributed by atoms with Gasteiger partial charge in [0.2, 0.25) is 5.88 Å². The molecule has 2 aliphatic heterocycles. The molecule has 0 bridgehead atoms. The summed E-state index contributed by atoms with van der Waals surface area (Å²) in [6.45, 7) is 13.8. The minimum atomic E-state index is -4.15. The minimum Gasteiger partial charge on any atom is -0.390 e. The van der Waals surface area contributed by atoms with Gasteiger partial charge in [-0.15, -0.1) is 15.0 Å². The molecule has 294 valence electrons. The molecule has 2 aliphatic rings.